The number of nitrogens with zero attached hydrogens (tertiary/aromatic N) is 1. The number of ether oxygens (including phenoxy) is 1. The molecule has 1 saturated heterocycles. The van der Waals surface area contributed by atoms with Gasteiger partial charge >= 0.3 is 5.97 Å². The topological polar surface area (TPSA) is 115 Å². The summed E-state index contributed by atoms with van der Waals surface area (Å²) in [5.41, 5.74) is 0.324. The van der Waals surface area contributed by atoms with Crippen LogP contribution in [-0.2, 0) is 15.1 Å². The third-order valence-corrected chi connectivity index (χ3v) is 10.2. The van der Waals surface area contributed by atoms with Crippen molar-refractivity contribution in [2.75, 3.05) is 39.3 Å². The van der Waals surface area contributed by atoms with Crippen molar-refractivity contribution in [2.45, 2.75) is 88.8 Å². The Kier molecular flexibility index (Phi) is 12.8. The number of fused-ring (bicyclic) bond motifs is 1. The number of aromatic amines is 1. The molecule has 2 heterocycles. The number of benzene rings is 2. The maximum absolute atomic E-state index is 13.4. The predicted octanol–water partition coefficient (Wildman–Crippen LogP) is 5.82. The first-order valence-electron chi connectivity index (χ1n) is 17.6. The summed E-state index contributed by atoms with van der Waals surface area (Å²) >= 11 is 0. The summed E-state index contributed by atoms with van der Waals surface area (Å²) in [6.07, 6.45) is 12.1. The first kappa shape index (κ1) is 34.3. The normalized spacial score (nSPS) is 18.7. The molecule has 46 heavy (non-hydrogen) atoms. The smallest absolute Gasteiger partial charge is 0.343 e. The highest BCUT2D eigenvalue weighted by molar-refractivity contribution is 5.82. The zero-order chi connectivity index (χ0) is 32.2. The number of carbonyl (C=O) groups is 1. The van der Waals surface area contributed by atoms with Crippen LogP contribution in [0.5, 0.6) is 0 Å². The SMILES string of the molecule is O=C(OCC1CCN(CCCCCCCNC[C@H](O)c2cc(=O)[nH]c3ccccc23)CC1)C(O)(c1ccccc1)C1CCCCC1. The fourth-order valence-electron chi connectivity index (χ4n) is 7.38. The summed E-state index contributed by atoms with van der Waals surface area (Å²) in [6, 6.07) is 18.5. The lowest BCUT2D eigenvalue weighted by Crippen LogP contribution is -2.46. The van der Waals surface area contributed by atoms with Gasteiger partial charge in [0.15, 0.2) is 5.60 Å². The molecule has 2 aliphatic rings. The van der Waals surface area contributed by atoms with Gasteiger partial charge < -0.3 is 30.2 Å². The van der Waals surface area contributed by atoms with Crippen LogP contribution < -0.4 is 10.9 Å². The second-order valence-electron chi connectivity index (χ2n) is 13.5. The van der Waals surface area contributed by atoms with Crippen molar-refractivity contribution < 1.29 is 19.7 Å². The van der Waals surface area contributed by atoms with E-state index in [-0.39, 0.29) is 11.5 Å². The molecule has 1 saturated carbocycles. The molecule has 1 aliphatic heterocycles. The van der Waals surface area contributed by atoms with E-state index in [0.717, 1.165) is 94.9 Å². The summed E-state index contributed by atoms with van der Waals surface area (Å²) in [5.74, 6) is -0.212. The Hall–Kier alpha value is -3.04. The Morgan fingerprint density at radius 2 is 1.63 bits per heavy atom. The number of unbranched alkanes of at least 4 members (excludes halogenated alkanes) is 4. The quantitative estimate of drug-likeness (QED) is 0.116. The number of aliphatic hydroxyl groups is 2. The van der Waals surface area contributed by atoms with E-state index in [2.05, 4.69) is 15.2 Å². The number of H-pyrrole nitrogens is 1. The molecular formula is C38H53N3O5. The van der Waals surface area contributed by atoms with E-state index < -0.39 is 17.7 Å². The van der Waals surface area contributed by atoms with Gasteiger partial charge in [-0.25, -0.2) is 4.79 Å². The van der Waals surface area contributed by atoms with Crippen LogP contribution in [-0.4, -0.2) is 65.4 Å². The molecule has 1 aliphatic carbocycles. The molecule has 2 aromatic carbocycles. The zero-order valence-corrected chi connectivity index (χ0v) is 27.3. The highest BCUT2D eigenvalue weighted by Gasteiger charge is 2.47. The van der Waals surface area contributed by atoms with Gasteiger partial charge in [0.25, 0.3) is 0 Å². The summed E-state index contributed by atoms with van der Waals surface area (Å²) in [6.45, 7) is 4.83. The lowest BCUT2D eigenvalue weighted by Gasteiger charge is -2.37. The van der Waals surface area contributed by atoms with Crippen molar-refractivity contribution >= 4 is 16.9 Å². The third-order valence-electron chi connectivity index (χ3n) is 10.2. The molecule has 8 heteroatoms. The highest BCUT2D eigenvalue weighted by atomic mass is 16.5. The van der Waals surface area contributed by atoms with E-state index in [0.29, 0.717) is 30.2 Å². The van der Waals surface area contributed by atoms with Gasteiger partial charge in [-0.15, -0.1) is 0 Å². The molecule has 4 N–H and O–H groups in total. The van der Waals surface area contributed by atoms with Crippen LogP contribution in [0.4, 0.5) is 0 Å². The van der Waals surface area contributed by atoms with Gasteiger partial charge in [0, 0.05) is 29.4 Å². The molecule has 5 rings (SSSR count). The number of pyridine rings is 1. The average Bonchev–Trinajstić information content (AvgIpc) is 3.10. The average molecular weight is 632 g/mol. The maximum atomic E-state index is 13.4. The van der Waals surface area contributed by atoms with Crippen LogP contribution >= 0.6 is 0 Å². The Morgan fingerprint density at radius 3 is 2.41 bits per heavy atom. The standard InChI is InChI=1S/C38H53N3O5/c42-35(33-26-36(43)40-34-19-11-10-18-32(33)34)27-39-22-12-2-1-3-13-23-41-24-20-29(21-25-41)28-46-37(44)38(45,30-14-6-4-7-15-30)31-16-8-5-9-17-31/h4,6-7,10-11,14-15,18-19,26,29,31,35,39,42,45H,1-3,5,8-9,12-13,16-17,20-25,27-28H2,(H,40,43)/t35-,38?/m0/s1. The van der Waals surface area contributed by atoms with Crippen molar-refractivity contribution in [3.05, 3.63) is 82.1 Å². The van der Waals surface area contributed by atoms with Crippen LogP contribution in [0.3, 0.4) is 0 Å². The molecule has 2 atom stereocenters. The first-order valence-corrected chi connectivity index (χ1v) is 17.6. The number of hydrogen-bond acceptors (Lipinski definition) is 7. The number of nitrogens with one attached hydrogen (secondary N) is 2. The van der Waals surface area contributed by atoms with Crippen LogP contribution in [0.1, 0.15) is 94.3 Å². The number of likely N-dealkylation sites (tertiary alicyclic amines) is 1. The molecule has 1 aromatic heterocycles. The fourth-order valence-corrected chi connectivity index (χ4v) is 7.38. The number of para-hydroxylation sites is 1. The molecular weight excluding hydrogens is 578 g/mol. The Bertz CT molecular complexity index is 1410. The van der Waals surface area contributed by atoms with Gasteiger partial charge in [0.2, 0.25) is 5.56 Å². The minimum atomic E-state index is -1.56. The molecule has 250 valence electrons. The summed E-state index contributed by atoms with van der Waals surface area (Å²) in [7, 11) is 0. The van der Waals surface area contributed by atoms with Gasteiger partial charge in [0.05, 0.1) is 12.7 Å². The number of aromatic nitrogens is 1. The van der Waals surface area contributed by atoms with Crippen molar-refractivity contribution in [2.24, 2.45) is 11.8 Å². The second kappa shape index (κ2) is 17.2. The zero-order valence-electron chi connectivity index (χ0n) is 27.3. The molecule has 0 bridgehead atoms. The van der Waals surface area contributed by atoms with Gasteiger partial charge in [-0.3, -0.25) is 4.79 Å². The fraction of sp³-hybridized carbons (Fsp3) is 0.579. The summed E-state index contributed by atoms with van der Waals surface area (Å²) in [5, 5.41) is 26.7. The van der Waals surface area contributed by atoms with Crippen LogP contribution in [0, 0.1) is 11.8 Å². The van der Waals surface area contributed by atoms with E-state index in [9.17, 15) is 19.8 Å². The highest BCUT2D eigenvalue weighted by Crippen LogP contribution is 2.40. The number of rotatable bonds is 16. The lowest BCUT2D eigenvalue weighted by molar-refractivity contribution is -0.177. The van der Waals surface area contributed by atoms with E-state index in [1.165, 1.54) is 25.3 Å². The van der Waals surface area contributed by atoms with E-state index >= 15 is 0 Å². The number of piperidine rings is 1. The summed E-state index contributed by atoms with van der Waals surface area (Å²) < 4.78 is 5.86. The predicted molar refractivity (Wildman–Crippen MR) is 183 cm³/mol. The maximum Gasteiger partial charge on any atom is 0.343 e. The van der Waals surface area contributed by atoms with Gasteiger partial charge in [-0.05, 0) is 87.8 Å². The molecule has 8 nitrogen and oxygen atoms in total. The molecule has 0 amide bonds. The Morgan fingerprint density at radius 1 is 0.935 bits per heavy atom. The molecule has 3 aromatic rings. The van der Waals surface area contributed by atoms with Crippen LogP contribution in [0.25, 0.3) is 10.9 Å². The van der Waals surface area contributed by atoms with E-state index in [4.69, 9.17) is 4.74 Å². The number of carbonyl (C=O) groups excluding carboxylic acids is 1. The van der Waals surface area contributed by atoms with E-state index in [1.54, 1.807) is 0 Å². The molecule has 0 radical (unpaired) electrons. The van der Waals surface area contributed by atoms with E-state index in [1.807, 2.05) is 54.6 Å². The minimum Gasteiger partial charge on any atom is -0.463 e. The van der Waals surface area contributed by atoms with Crippen molar-refractivity contribution in [3.63, 3.8) is 0 Å². The Balaban J connectivity index is 0.925. The van der Waals surface area contributed by atoms with Gasteiger partial charge in [0.1, 0.15) is 0 Å². The number of hydrogen-bond donors (Lipinski definition) is 4. The van der Waals surface area contributed by atoms with Crippen molar-refractivity contribution in [1.29, 1.82) is 0 Å². The van der Waals surface area contributed by atoms with Gasteiger partial charge in [-0.1, -0.05) is 87.1 Å². The van der Waals surface area contributed by atoms with Crippen LogP contribution in [0.15, 0.2) is 65.5 Å². The summed E-state index contributed by atoms with van der Waals surface area (Å²) in [4.78, 5) is 30.7. The minimum absolute atomic E-state index is 0.0870. The third kappa shape index (κ3) is 9.06. The van der Waals surface area contributed by atoms with Gasteiger partial charge in [-0.2, -0.15) is 0 Å². The number of esters is 1. The Labute approximate surface area is 273 Å². The second-order valence-corrected chi connectivity index (χ2v) is 13.5. The molecule has 1 unspecified atom stereocenters. The van der Waals surface area contributed by atoms with Crippen molar-refractivity contribution in [3.8, 4) is 0 Å². The monoisotopic (exact) mass is 631 g/mol. The van der Waals surface area contributed by atoms with Crippen LogP contribution in [0.2, 0.25) is 0 Å². The van der Waals surface area contributed by atoms with Crippen molar-refractivity contribution in [1.82, 2.24) is 15.2 Å². The number of aliphatic hydroxyl groups excluding tert-OH is 1. The molecule has 0 spiro atoms. The first-order chi connectivity index (χ1) is 22.4. The lowest BCUT2D eigenvalue weighted by atomic mass is 9.73. The molecule has 2 fully saturated rings. The largest absolute Gasteiger partial charge is 0.463 e.